The smallest absolute Gasteiger partial charge is 0.336 e. The molecule has 0 atom stereocenters. The number of hydrogen-bond donors (Lipinski definition) is 1. The molecule has 0 bridgehead atoms. The van der Waals surface area contributed by atoms with E-state index in [9.17, 15) is 4.79 Å². The third-order valence-electron chi connectivity index (χ3n) is 5.76. The number of aliphatic carboxylic acids is 1. The Morgan fingerprint density at radius 3 is 1.68 bits per heavy atom. The lowest BCUT2D eigenvalue weighted by atomic mass is 9.80. The van der Waals surface area contributed by atoms with Gasteiger partial charge < -0.3 is 10.0 Å². The maximum Gasteiger partial charge on any atom is 0.336 e. The van der Waals surface area contributed by atoms with E-state index >= 15 is 0 Å². The Kier molecular flexibility index (Phi) is 16.0. The second-order valence-corrected chi connectivity index (χ2v) is 10.3. The van der Waals surface area contributed by atoms with E-state index in [1.807, 2.05) is 13.8 Å². The van der Waals surface area contributed by atoms with Crippen molar-refractivity contribution in [1.29, 1.82) is 0 Å². The van der Waals surface area contributed by atoms with Gasteiger partial charge in [0.05, 0.1) is 5.57 Å². The Balaban J connectivity index is 0. The van der Waals surface area contributed by atoms with Crippen LogP contribution in [-0.2, 0) is 15.6 Å². The second kappa shape index (κ2) is 16.1. The normalized spacial score (nSPS) is 14.2. The summed E-state index contributed by atoms with van der Waals surface area (Å²) in [6.07, 6.45) is 16.3. The fourth-order valence-electron chi connectivity index (χ4n) is 3.58. The van der Waals surface area contributed by atoms with E-state index in [1.165, 1.54) is 61.8 Å². The Morgan fingerprint density at radius 2 is 1.41 bits per heavy atom. The number of carbonyl (C=O) groups is 1. The van der Waals surface area contributed by atoms with Gasteiger partial charge in [0.15, 0.2) is 0 Å². The highest BCUT2D eigenvalue weighted by Gasteiger charge is 2.24. The summed E-state index contributed by atoms with van der Waals surface area (Å²) in [6, 6.07) is 7.96. The van der Waals surface area contributed by atoms with Gasteiger partial charge in [-0.25, -0.2) is 4.79 Å². The zero-order valence-electron chi connectivity index (χ0n) is 23.7. The zero-order valence-corrected chi connectivity index (χ0v) is 23.7. The molecule has 192 valence electrons. The van der Waals surface area contributed by atoms with Crippen molar-refractivity contribution in [1.82, 2.24) is 0 Å². The van der Waals surface area contributed by atoms with E-state index in [2.05, 4.69) is 89.5 Å². The average molecular weight is 471 g/mol. The molecule has 0 saturated heterocycles. The number of nitrogens with zero attached hydrogens (tertiary/aromatic N) is 2. The summed E-state index contributed by atoms with van der Waals surface area (Å²) in [5, 5.41) is 8.34. The van der Waals surface area contributed by atoms with Gasteiger partial charge >= 0.3 is 5.97 Å². The van der Waals surface area contributed by atoms with Gasteiger partial charge in [-0.3, -0.25) is 4.99 Å². The molecule has 4 heteroatoms. The topological polar surface area (TPSA) is 52.9 Å². The molecule has 1 saturated carbocycles. The number of anilines is 1. The third-order valence-corrected chi connectivity index (χ3v) is 5.76. The van der Waals surface area contributed by atoms with Crippen molar-refractivity contribution in [3.63, 3.8) is 0 Å². The molecule has 0 heterocycles. The number of benzene rings is 1. The minimum absolute atomic E-state index is 0.201. The molecule has 0 aromatic heterocycles. The Morgan fingerprint density at radius 1 is 1.00 bits per heavy atom. The summed E-state index contributed by atoms with van der Waals surface area (Å²) in [4.78, 5) is 16.2. The van der Waals surface area contributed by atoms with E-state index in [4.69, 9.17) is 5.11 Å². The van der Waals surface area contributed by atoms with E-state index < -0.39 is 5.97 Å². The van der Waals surface area contributed by atoms with Crippen molar-refractivity contribution in [2.45, 2.75) is 105 Å². The molecule has 1 aliphatic rings. The average Bonchev–Trinajstić information content (AvgIpc) is 3.33. The molecule has 1 aromatic carbocycles. The summed E-state index contributed by atoms with van der Waals surface area (Å²) >= 11 is 0. The van der Waals surface area contributed by atoms with Crippen molar-refractivity contribution >= 4 is 17.9 Å². The Labute approximate surface area is 210 Å². The minimum atomic E-state index is -0.942. The van der Waals surface area contributed by atoms with Crippen LogP contribution in [0, 0.1) is 12.8 Å². The van der Waals surface area contributed by atoms with Crippen molar-refractivity contribution in [2.75, 3.05) is 19.0 Å². The highest BCUT2D eigenvalue weighted by molar-refractivity contribution is 6.08. The van der Waals surface area contributed by atoms with Crippen LogP contribution in [0.1, 0.15) is 99.1 Å². The lowest BCUT2D eigenvalue weighted by Crippen LogP contribution is -2.29. The molecular weight excluding hydrogens is 420 g/mol. The number of hydrogen-bond acceptors (Lipinski definition) is 3. The standard InChI is InChI=1S/C20H33N.C6H9NO2.C2H6.C2H2/c1-19(2,3)15-12-16(20(4,5)6)14-18(13-15)21(7)17-10-8-9-11-17;1-3-5(4-7-2)6(8)9;2*1-2/h12-14,17H,8-11H2,1-7H3;3-4H,1-2H3,(H,8,9);1-2H3;1-2H/b;5-3+,7-4?;;. The van der Waals surface area contributed by atoms with Crippen LogP contribution in [0.15, 0.2) is 34.8 Å². The Hall–Kier alpha value is -2.54. The molecule has 1 aliphatic carbocycles. The molecule has 0 aliphatic heterocycles. The SMILES string of the molecule is C#C.C/C=C(\C=NC)C(=O)O.CC.CN(c1cc(C(C)(C)C)cc(C(C)(C)C)c1)C1CCCC1. The number of aliphatic imine (C=N–C) groups is 1. The molecule has 4 nitrogen and oxygen atoms in total. The predicted octanol–water partition coefficient (Wildman–Crippen LogP) is 7.65. The number of carboxylic acids is 1. The third kappa shape index (κ3) is 11.5. The number of allylic oxidation sites excluding steroid dienone is 1. The van der Waals surface area contributed by atoms with Crippen molar-refractivity contribution in [3.05, 3.63) is 41.0 Å². The molecular formula is C30H50N2O2. The highest BCUT2D eigenvalue weighted by Crippen LogP contribution is 2.35. The summed E-state index contributed by atoms with van der Waals surface area (Å²) in [5.41, 5.74) is 4.93. The molecule has 0 spiro atoms. The van der Waals surface area contributed by atoms with Gasteiger partial charge in [-0.05, 0) is 53.9 Å². The van der Waals surface area contributed by atoms with Gasteiger partial charge in [-0.1, -0.05) is 80.4 Å². The molecule has 0 amide bonds. The first-order valence-corrected chi connectivity index (χ1v) is 12.3. The first-order chi connectivity index (χ1) is 15.8. The van der Waals surface area contributed by atoms with Crippen LogP contribution in [0.2, 0.25) is 0 Å². The van der Waals surface area contributed by atoms with Gasteiger partial charge in [0.2, 0.25) is 0 Å². The molecule has 0 unspecified atom stereocenters. The van der Waals surface area contributed by atoms with Crippen LogP contribution in [-0.4, -0.2) is 37.4 Å². The fourth-order valence-corrected chi connectivity index (χ4v) is 3.58. The highest BCUT2D eigenvalue weighted by atomic mass is 16.4. The van der Waals surface area contributed by atoms with Crippen molar-refractivity contribution in [3.8, 4) is 12.8 Å². The molecule has 1 fully saturated rings. The van der Waals surface area contributed by atoms with Crippen molar-refractivity contribution < 1.29 is 9.90 Å². The maximum atomic E-state index is 10.2. The Bertz CT molecular complexity index is 767. The van der Waals surface area contributed by atoms with Crippen molar-refractivity contribution in [2.24, 2.45) is 4.99 Å². The maximum absolute atomic E-state index is 10.2. The van der Waals surface area contributed by atoms with E-state index in [0.29, 0.717) is 0 Å². The summed E-state index contributed by atoms with van der Waals surface area (Å²) in [7, 11) is 3.82. The van der Waals surface area contributed by atoms with Gasteiger partial charge in [0, 0.05) is 32.0 Å². The minimum Gasteiger partial charge on any atom is -0.478 e. The quantitative estimate of drug-likeness (QED) is 0.279. The van der Waals surface area contributed by atoms with E-state index in [0.717, 1.165) is 6.04 Å². The lowest BCUT2D eigenvalue weighted by Gasteiger charge is -2.32. The molecule has 0 radical (unpaired) electrons. The van der Waals surface area contributed by atoms with E-state index in [-0.39, 0.29) is 16.4 Å². The summed E-state index contributed by atoms with van der Waals surface area (Å²) in [6.45, 7) is 19.5. The number of carboxylic acid groups (broad SMARTS) is 1. The van der Waals surface area contributed by atoms with Crippen LogP contribution in [0.5, 0.6) is 0 Å². The summed E-state index contributed by atoms with van der Waals surface area (Å²) < 4.78 is 0. The van der Waals surface area contributed by atoms with Gasteiger partial charge in [0.1, 0.15) is 0 Å². The first kappa shape index (κ1) is 33.6. The first-order valence-electron chi connectivity index (χ1n) is 12.3. The predicted molar refractivity (Wildman–Crippen MR) is 152 cm³/mol. The zero-order chi connectivity index (χ0) is 27.1. The lowest BCUT2D eigenvalue weighted by molar-refractivity contribution is -0.132. The molecule has 1 aromatic rings. The summed E-state index contributed by atoms with van der Waals surface area (Å²) in [5.74, 6) is -0.942. The van der Waals surface area contributed by atoms with E-state index in [1.54, 1.807) is 6.92 Å². The second-order valence-electron chi connectivity index (χ2n) is 10.3. The van der Waals surface area contributed by atoms with Crippen LogP contribution in [0.4, 0.5) is 5.69 Å². The van der Waals surface area contributed by atoms with Crippen LogP contribution in [0.3, 0.4) is 0 Å². The fraction of sp³-hybridized carbons (Fsp3) is 0.600. The van der Waals surface area contributed by atoms with Gasteiger partial charge in [-0.15, -0.1) is 12.8 Å². The monoisotopic (exact) mass is 470 g/mol. The van der Waals surface area contributed by atoms with Gasteiger partial charge in [-0.2, -0.15) is 0 Å². The largest absolute Gasteiger partial charge is 0.478 e. The van der Waals surface area contributed by atoms with Crippen LogP contribution >= 0.6 is 0 Å². The number of terminal acetylenes is 1. The molecule has 2 rings (SSSR count). The van der Waals surface area contributed by atoms with Crippen LogP contribution in [0.25, 0.3) is 0 Å². The number of rotatable bonds is 4. The van der Waals surface area contributed by atoms with Gasteiger partial charge in [0.25, 0.3) is 0 Å². The molecule has 34 heavy (non-hydrogen) atoms. The molecule has 1 N–H and O–H groups in total. The van der Waals surface area contributed by atoms with Crippen LogP contribution < -0.4 is 4.90 Å².